The summed E-state index contributed by atoms with van der Waals surface area (Å²) in [6.45, 7) is 5.70. The molecular formula is C10H18O. The van der Waals surface area contributed by atoms with Gasteiger partial charge in [-0.2, -0.15) is 0 Å². The van der Waals surface area contributed by atoms with Gasteiger partial charge in [0.15, 0.2) is 0 Å². The van der Waals surface area contributed by atoms with Crippen LogP contribution < -0.4 is 0 Å². The third kappa shape index (κ3) is 1.01. The fourth-order valence-corrected chi connectivity index (χ4v) is 2.69. The van der Waals surface area contributed by atoms with E-state index in [4.69, 9.17) is 4.74 Å². The topological polar surface area (TPSA) is 9.23 Å². The molecule has 1 nitrogen and oxygen atoms in total. The van der Waals surface area contributed by atoms with Crippen LogP contribution in [0, 0.1) is 11.3 Å². The molecular weight excluding hydrogens is 136 g/mol. The van der Waals surface area contributed by atoms with Crippen molar-refractivity contribution in [1.29, 1.82) is 0 Å². The van der Waals surface area contributed by atoms with E-state index in [1.165, 1.54) is 25.7 Å². The molecule has 0 spiro atoms. The van der Waals surface area contributed by atoms with Crippen LogP contribution in [0.25, 0.3) is 0 Å². The zero-order valence-corrected chi connectivity index (χ0v) is 7.60. The van der Waals surface area contributed by atoms with Crippen molar-refractivity contribution in [3.63, 3.8) is 0 Å². The summed E-state index contributed by atoms with van der Waals surface area (Å²) in [5.41, 5.74) is 0.515. The fourth-order valence-electron chi connectivity index (χ4n) is 2.69. The number of hydrogen-bond donors (Lipinski definition) is 0. The van der Waals surface area contributed by atoms with Gasteiger partial charge in [0.25, 0.3) is 0 Å². The summed E-state index contributed by atoms with van der Waals surface area (Å²) in [6, 6.07) is 0. The van der Waals surface area contributed by atoms with Crippen molar-refractivity contribution in [2.24, 2.45) is 11.3 Å². The molecule has 1 saturated heterocycles. The van der Waals surface area contributed by atoms with Gasteiger partial charge in [0, 0.05) is 0 Å². The summed E-state index contributed by atoms with van der Waals surface area (Å²) >= 11 is 0. The smallest absolute Gasteiger partial charge is 0.0609 e. The lowest BCUT2D eigenvalue weighted by Gasteiger charge is -2.26. The van der Waals surface area contributed by atoms with Crippen LogP contribution in [0.1, 0.15) is 39.5 Å². The van der Waals surface area contributed by atoms with E-state index in [0.717, 1.165) is 12.5 Å². The highest BCUT2D eigenvalue weighted by Crippen LogP contribution is 2.48. The van der Waals surface area contributed by atoms with Crippen LogP contribution in [0.4, 0.5) is 0 Å². The van der Waals surface area contributed by atoms with Crippen LogP contribution >= 0.6 is 0 Å². The predicted molar refractivity (Wildman–Crippen MR) is 45.5 cm³/mol. The molecule has 1 aliphatic carbocycles. The van der Waals surface area contributed by atoms with E-state index in [0.29, 0.717) is 11.5 Å². The van der Waals surface area contributed by atoms with Gasteiger partial charge in [-0.1, -0.05) is 20.3 Å². The van der Waals surface area contributed by atoms with Crippen LogP contribution in [0.2, 0.25) is 0 Å². The standard InChI is InChI=1S/C10H18O/c1-3-10(2)7-11-9-6-4-5-8(9)10/h8-9H,3-7H2,1-2H3. The van der Waals surface area contributed by atoms with E-state index < -0.39 is 0 Å². The molecule has 0 radical (unpaired) electrons. The van der Waals surface area contributed by atoms with Gasteiger partial charge in [-0.25, -0.2) is 0 Å². The van der Waals surface area contributed by atoms with E-state index in [1.807, 2.05) is 0 Å². The summed E-state index contributed by atoms with van der Waals surface area (Å²) in [4.78, 5) is 0. The number of rotatable bonds is 1. The third-order valence-corrected chi connectivity index (χ3v) is 3.78. The molecule has 1 saturated carbocycles. The molecule has 0 aromatic carbocycles. The molecule has 0 aromatic rings. The molecule has 1 heteroatoms. The molecule has 0 bridgehead atoms. The van der Waals surface area contributed by atoms with Gasteiger partial charge >= 0.3 is 0 Å². The van der Waals surface area contributed by atoms with Crippen molar-refractivity contribution in [2.75, 3.05) is 6.61 Å². The zero-order chi connectivity index (χ0) is 7.90. The summed E-state index contributed by atoms with van der Waals surface area (Å²) < 4.78 is 5.78. The largest absolute Gasteiger partial charge is 0.377 e. The first-order valence-electron chi connectivity index (χ1n) is 4.88. The Hall–Kier alpha value is -0.0400. The van der Waals surface area contributed by atoms with Crippen LogP contribution in [-0.2, 0) is 4.74 Å². The molecule has 11 heavy (non-hydrogen) atoms. The Morgan fingerprint density at radius 2 is 2.27 bits per heavy atom. The van der Waals surface area contributed by atoms with Gasteiger partial charge in [-0.3, -0.25) is 0 Å². The van der Waals surface area contributed by atoms with Crippen molar-refractivity contribution in [2.45, 2.75) is 45.6 Å². The Kier molecular flexibility index (Phi) is 1.71. The minimum atomic E-state index is 0.515. The highest BCUT2D eigenvalue weighted by atomic mass is 16.5. The second kappa shape index (κ2) is 2.48. The van der Waals surface area contributed by atoms with Crippen molar-refractivity contribution in [1.82, 2.24) is 0 Å². The molecule has 2 aliphatic rings. The number of fused-ring (bicyclic) bond motifs is 1. The highest BCUT2D eigenvalue weighted by molar-refractivity contribution is 4.95. The summed E-state index contributed by atoms with van der Waals surface area (Å²) in [5.74, 6) is 0.882. The lowest BCUT2D eigenvalue weighted by Crippen LogP contribution is -2.25. The van der Waals surface area contributed by atoms with Crippen molar-refractivity contribution in [3.05, 3.63) is 0 Å². The molecule has 0 aromatic heterocycles. The van der Waals surface area contributed by atoms with E-state index >= 15 is 0 Å². The number of hydrogen-bond acceptors (Lipinski definition) is 1. The Morgan fingerprint density at radius 1 is 1.45 bits per heavy atom. The second-order valence-corrected chi connectivity index (χ2v) is 4.39. The van der Waals surface area contributed by atoms with Crippen LogP contribution in [0.15, 0.2) is 0 Å². The Morgan fingerprint density at radius 3 is 3.00 bits per heavy atom. The first kappa shape index (κ1) is 7.60. The lowest BCUT2D eigenvalue weighted by molar-refractivity contribution is 0.0938. The molecule has 64 valence electrons. The Labute approximate surface area is 69.1 Å². The van der Waals surface area contributed by atoms with Gasteiger partial charge in [-0.15, -0.1) is 0 Å². The third-order valence-electron chi connectivity index (χ3n) is 3.78. The SMILES string of the molecule is CCC1(C)COC2CCCC21. The highest BCUT2D eigenvalue weighted by Gasteiger charge is 2.46. The minimum Gasteiger partial charge on any atom is -0.377 e. The predicted octanol–water partition coefficient (Wildman–Crippen LogP) is 2.60. The second-order valence-electron chi connectivity index (χ2n) is 4.39. The maximum Gasteiger partial charge on any atom is 0.0609 e. The summed E-state index contributed by atoms with van der Waals surface area (Å²) in [5, 5.41) is 0. The van der Waals surface area contributed by atoms with Gasteiger partial charge in [0.05, 0.1) is 12.7 Å². The van der Waals surface area contributed by atoms with Gasteiger partial charge in [0.2, 0.25) is 0 Å². The maximum absolute atomic E-state index is 5.78. The molecule has 2 rings (SSSR count). The van der Waals surface area contributed by atoms with Gasteiger partial charge < -0.3 is 4.74 Å². The molecule has 0 N–H and O–H groups in total. The number of ether oxygens (including phenoxy) is 1. The molecule has 2 fully saturated rings. The van der Waals surface area contributed by atoms with Crippen molar-refractivity contribution < 1.29 is 4.74 Å². The molecule has 3 unspecified atom stereocenters. The van der Waals surface area contributed by atoms with E-state index in [9.17, 15) is 0 Å². The first-order chi connectivity index (χ1) is 5.26. The van der Waals surface area contributed by atoms with E-state index in [-0.39, 0.29) is 0 Å². The summed E-state index contributed by atoms with van der Waals surface area (Å²) in [7, 11) is 0. The average Bonchev–Trinajstić information content (AvgIpc) is 2.55. The molecule has 0 amide bonds. The fraction of sp³-hybridized carbons (Fsp3) is 1.00. The zero-order valence-electron chi connectivity index (χ0n) is 7.60. The summed E-state index contributed by atoms with van der Waals surface area (Å²) in [6.07, 6.45) is 6.04. The van der Waals surface area contributed by atoms with E-state index in [2.05, 4.69) is 13.8 Å². The van der Waals surface area contributed by atoms with Crippen molar-refractivity contribution >= 4 is 0 Å². The molecule has 3 atom stereocenters. The van der Waals surface area contributed by atoms with E-state index in [1.54, 1.807) is 0 Å². The Bertz CT molecular complexity index is 155. The normalized spacial score (nSPS) is 49.6. The van der Waals surface area contributed by atoms with Crippen LogP contribution in [-0.4, -0.2) is 12.7 Å². The van der Waals surface area contributed by atoms with Crippen LogP contribution in [0.3, 0.4) is 0 Å². The molecule has 1 aliphatic heterocycles. The Balaban J connectivity index is 2.14. The van der Waals surface area contributed by atoms with Gasteiger partial charge in [-0.05, 0) is 30.6 Å². The minimum absolute atomic E-state index is 0.515. The maximum atomic E-state index is 5.78. The van der Waals surface area contributed by atoms with Crippen LogP contribution in [0.5, 0.6) is 0 Å². The van der Waals surface area contributed by atoms with Crippen molar-refractivity contribution in [3.8, 4) is 0 Å². The molecule has 1 heterocycles. The van der Waals surface area contributed by atoms with Gasteiger partial charge in [0.1, 0.15) is 0 Å². The quantitative estimate of drug-likeness (QED) is 0.564. The monoisotopic (exact) mass is 154 g/mol. The average molecular weight is 154 g/mol. The first-order valence-corrected chi connectivity index (χ1v) is 4.88. The lowest BCUT2D eigenvalue weighted by atomic mass is 9.76.